The van der Waals surface area contributed by atoms with Crippen molar-refractivity contribution in [2.45, 2.75) is 39.2 Å². The van der Waals surface area contributed by atoms with Gasteiger partial charge in [0, 0.05) is 19.6 Å². The van der Waals surface area contributed by atoms with E-state index in [1.165, 1.54) is 0 Å². The Kier molecular flexibility index (Phi) is 7.86. The Morgan fingerprint density at radius 1 is 1.57 bits per heavy atom. The van der Waals surface area contributed by atoms with Crippen molar-refractivity contribution >= 4 is 5.91 Å². The molecule has 1 amide bonds. The van der Waals surface area contributed by atoms with E-state index in [1.807, 2.05) is 19.9 Å². The molecule has 4 nitrogen and oxygen atoms in total. The first-order valence-corrected chi connectivity index (χ1v) is 5.01. The van der Waals surface area contributed by atoms with E-state index >= 15 is 0 Å². The quantitative estimate of drug-likeness (QED) is 0.626. The number of ether oxygens (including phenoxy) is 1. The molecule has 0 aliphatic heterocycles. The number of nitrogens with one attached hydrogen (secondary N) is 1. The summed E-state index contributed by atoms with van der Waals surface area (Å²) in [5.74, 6) is -0.0712. The fraction of sp³-hybridized carbons (Fsp3) is 0.800. The van der Waals surface area contributed by atoms with Crippen molar-refractivity contribution < 1.29 is 9.53 Å². The van der Waals surface area contributed by atoms with Gasteiger partial charge in [-0.3, -0.25) is 4.79 Å². The molecule has 0 saturated carbocycles. The molecule has 0 rings (SSSR count). The summed E-state index contributed by atoms with van der Waals surface area (Å²) in [7, 11) is 0. The molecular formula is C10H18N2O2. The molecule has 0 aromatic rings. The highest BCUT2D eigenvalue weighted by Crippen LogP contribution is 1.93. The van der Waals surface area contributed by atoms with E-state index in [1.54, 1.807) is 0 Å². The lowest BCUT2D eigenvalue weighted by Gasteiger charge is -2.08. The third-order valence-electron chi connectivity index (χ3n) is 1.80. The standard InChI is InChI=1S/C10H18N2O2/c1-3-9(8-11)12-10(13)6-5-7-14-4-2/h9H,3-7H2,1-2H3,(H,12,13). The van der Waals surface area contributed by atoms with Crippen LogP contribution in [0.25, 0.3) is 0 Å². The van der Waals surface area contributed by atoms with Crippen LogP contribution in [0.2, 0.25) is 0 Å². The van der Waals surface area contributed by atoms with Crippen LogP contribution in [-0.4, -0.2) is 25.2 Å². The summed E-state index contributed by atoms with van der Waals surface area (Å²) in [6, 6.07) is 1.67. The average Bonchev–Trinajstić information content (AvgIpc) is 2.21. The van der Waals surface area contributed by atoms with Gasteiger partial charge < -0.3 is 10.1 Å². The van der Waals surface area contributed by atoms with E-state index in [2.05, 4.69) is 5.32 Å². The molecule has 1 N–H and O–H groups in total. The van der Waals surface area contributed by atoms with Gasteiger partial charge in [0.25, 0.3) is 0 Å². The number of nitrogens with zero attached hydrogens (tertiary/aromatic N) is 1. The lowest BCUT2D eigenvalue weighted by Crippen LogP contribution is -2.33. The zero-order chi connectivity index (χ0) is 10.8. The molecule has 0 radical (unpaired) electrons. The number of amides is 1. The van der Waals surface area contributed by atoms with E-state index in [0.29, 0.717) is 32.5 Å². The Hall–Kier alpha value is -1.08. The number of carbonyl (C=O) groups excluding carboxylic acids is 1. The van der Waals surface area contributed by atoms with Gasteiger partial charge in [-0.25, -0.2) is 0 Å². The van der Waals surface area contributed by atoms with E-state index in [4.69, 9.17) is 10.00 Å². The van der Waals surface area contributed by atoms with Gasteiger partial charge in [-0.05, 0) is 19.8 Å². The lowest BCUT2D eigenvalue weighted by molar-refractivity contribution is -0.121. The lowest BCUT2D eigenvalue weighted by atomic mass is 10.2. The summed E-state index contributed by atoms with van der Waals surface area (Å²) in [5, 5.41) is 11.2. The number of rotatable bonds is 7. The second-order valence-electron chi connectivity index (χ2n) is 2.96. The molecule has 80 valence electrons. The maximum absolute atomic E-state index is 11.2. The highest BCUT2D eigenvalue weighted by Gasteiger charge is 2.07. The topological polar surface area (TPSA) is 62.1 Å². The Bertz CT molecular complexity index is 199. The zero-order valence-electron chi connectivity index (χ0n) is 8.88. The van der Waals surface area contributed by atoms with Gasteiger partial charge in [-0.15, -0.1) is 0 Å². The molecule has 0 aliphatic rings. The first kappa shape index (κ1) is 12.9. The SMILES string of the molecule is CCOCCCC(=O)NC(C#N)CC. The Balaban J connectivity index is 3.50. The van der Waals surface area contributed by atoms with Gasteiger partial charge in [0.05, 0.1) is 6.07 Å². The largest absolute Gasteiger partial charge is 0.382 e. The van der Waals surface area contributed by atoms with Gasteiger partial charge in [0.2, 0.25) is 5.91 Å². The Morgan fingerprint density at radius 3 is 2.79 bits per heavy atom. The van der Waals surface area contributed by atoms with Crippen LogP contribution in [0.15, 0.2) is 0 Å². The smallest absolute Gasteiger partial charge is 0.221 e. The van der Waals surface area contributed by atoms with Crippen LogP contribution >= 0.6 is 0 Å². The first-order chi connectivity index (χ1) is 6.74. The summed E-state index contributed by atoms with van der Waals surface area (Å²) in [4.78, 5) is 11.2. The Morgan fingerprint density at radius 2 is 2.29 bits per heavy atom. The summed E-state index contributed by atoms with van der Waals surface area (Å²) < 4.78 is 5.10. The van der Waals surface area contributed by atoms with Crippen molar-refractivity contribution in [3.8, 4) is 6.07 Å². The van der Waals surface area contributed by atoms with Crippen molar-refractivity contribution in [3.05, 3.63) is 0 Å². The van der Waals surface area contributed by atoms with E-state index in [0.717, 1.165) is 0 Å². The van der Waals surface area contributed by atoms with Crippen LogP contribution in [0, 0.1) is 11.3 Å². The highest BCUT2D eigenvalue weighted by atomic mass is 16.5. The molecule has 1 atom stereocenters. The highest BCUT2D eigenvalue weighted by molar-refractivity contribution is 5.76. The fourth-order valence-electron chi connectivity index (χ4n) is 0.971. The predicted molar refractivity (Wildman–Crippen MR) is 53.6 cm³/mol. The fourth-order valence-corrected chi connectivity index (χ4v) is 0.971. The van der Waals surface area contributed by atoms with E-state index in [9.17, 15) is 4.79 Å². The maximum Gasteiger partial charge on any atom is 0.221 e. The van der Waals surface area contributed by atoms with Crippen molar-refractivity contribution in [1.29, 1.82) is 5.26 Å². The molecule has 14 heavy (non-hydrogen) atoms. The van der Waals surface area contributed by atoms with E-state index in [-0.39, 0.29) is 11.9 Å². The molecule has 0 spiro atoms. The summed E-state index contributed by atoms with van der Waals surface area (Å²) in [5.41, 5.74) is 0. The van der Waals surface area contributed by atoms with Gasteiger partial charge >= 0.3 is 0 Å². The molecule has 0 aromatic carbocycles. The zero-order valence-corrected chi connectivity index (χ0v) is 8.88. The minimum atomic E-state index is -0.352. The molecule has 0 saturated heterocycles. The van der Waals surface area contributed by atoms with Gasteiger partial charge in [-0.1, -0.05) is 6.92 Å². The normalized spacial score (nSPS) is 11.8. The molecular weight excluding hydrogens is 180 g/mol. The van der Waals surface area contributed by atoms with Crippen molar-refractivity contribution in [2.75, 3.05) is 13.2 Å². The van der Waals surface area contributed by atoms with E-state index < -0.39 is 0 Å². The summed E-state index contributed by atoms with van der Waals surface area (Å²) in [6.07, 6.45) is 1.79. The van der Waals surface area contributed by atoms with Crippen molar-refractivity contribution in [3.63, 3.8) is 0 Å². The Labute approximate surface area is 85.2 Å². The number of hydrogen-bond donors (Lipinski definition) is 1. The van der Waals surface area contributed by atoms with Crippen LogP contribution in [0.5, 0.6) is 0 Å². The molecule has 0 heterocycles. The van der Waals surface area contributed by atoms with Crippen LogP contribution < -0.4 is 5.32 Å². The van der Waals surface area contributed by atoms with Gasteiger partial charge in [0.15, 0.2) is 0 Å². The molecule has 0 aromatic heterocycles. The molecule has 0 bridgehead atoms. The minimum Gasteiger partial charge on any atom is -0.382 e. The second-order valence-corrected chi connectivity index (χ2v) is 2.96. The molecule has 0 fully saturated rings. The van der Waals surface area contributed by atoms with Crippen molar-refractivity contribution in [2.24, 2.45) is 0 Å². The number of hydrogen-bond acceptors (Lipinski definition) is 3. The predicted octanol–water partition coefficient (Wildman–Crippen LogP) is 1.22. The second kappa shape index (κ2) is 8.52. The van der Waals surface area contributed by atoms with Gasteiger partial charge in [-0.2, -0.15) is 5.26 Å². The first-order valence-electron chi connectivity index (χ1n) is 5.01. The third-order valence-corrected chi connectivity index (χ3v) is 1.80. The number of nitriles is 1. The maximum atomic E-state index is 11.2. The van der Waals surface area contributed by atoms with Gasteiger partial charge in [0.1, 0.15) is 6.04 Å². The summed E-state index contributed by atoms with van der Waals surface area (Å²) in [6.45, 7) is 5.07. The van der Waals surface area contributed by atoms with Crippen LogP contribution in [0.4, 0.5) is 0 Å². The van der Waals surface area contributed by atoms with Crippen LogP contribution in [-0.2, 0) is 9.53 Å². The van der Waals surface area contributed by atoms with Crippen molar-refractivity contribution in [1.82, 2.24) is 5.32 Å². The molecule has 4 heteroatoms. The van der Waals surface area contributed by atoms with Crippen LogP contribution in [0.1, 0.15) is 33.1 Å². The average molecular weight is 198 g/mol. The monoisotopic (exact) mass is 198 g/mol. The van der Waals surface area contributed by atoms with Crippen LogP contribution in [0.3, 0.4) is 0 Å². The molecule has 1 unspecified atom stereocenters. The minimum absolute atomic E-state index is 0.0712. The third kappa shape index (κ3) is 6.44. The summed E-state index contributed by atoms with van der Waals surface area (Å²) >= 11 is 0. The number of carbonyl (C=O) groups is 1. The molecule has 0 aliphatic carbocycles.